The Kier molecular flexibility index (Phi) is 4.13. The van der Waals surface area contributed by atoms with E-state index in [2.05, 4.69) is 24.3 Å². The average molecular weight is 296 g/mol. The summed E-state index contributed by atoms with van der Waals surface area (Å²) in [5.74, 6) is 0. The number of hydrogen-bond donors (Lipinski definition) is 0. The Bertz CT molecular complexity index is 562. The van der Waals surface area contributed by atoms with Crippen molar-refractivity contribution in [3.05, 3.63) is 46.5 Å². The highest BCUT2D eigenvalue weighted by Crippen LogP contribution is 2.27. The van der Waals surface area contributed by atoms with E-state index < -0.39 is 0 Å². The standard InChI is InChI=1S/C20H24O2/c1-3-15-11-19-12-16-4-2-8-22-10-6-18(16)14-20(19)13-17(15)5-9-21-7-1/h11-14H,1-10H2. The van der Waals surface area contributed by atoms with Crippen LogP contribution in [0.2, 0.25) is 0 Å². The van der Waals surface area contributed by atoms with E-state index in [9.17, 15) is 0 Å². The van der Waals surface area contributed by atoms with E-state index >= 15 is 0 Å². The monoisotopic (exact) mass is 296 g/mol. The second-order valence-electron chi connectivity index (χ2n) is 6.52. The Morgan fingerprint density at radius 1 is 0.500 bits per heavy atom. The molecule has 0 saturated heterocycles. The number of benzene rings is 2. The zero-order valence-electron chi connectivity index (χ0n) is 13.2. The summed E-state index contributed by atoms with van der Waals surface area (Å²) < 4.78 is 11.3. The summed E-state index contributed by atoms with van der Waals surface area (Å²) in [5, 5.41) is 2.80. The van der Waals surface area contributed by atoms with Gasteiger partial charge >= 0.3 is 0 Å². The summed E-state index contributed by atoms with van der Waals surface area (Å²) in [5.41, 5.74) is 6.03. The Labute approximate surface area is 132 Å². The zero-order valence-corrected chi connectivity index (χ0v) is 13.2. The number of ether oxygens (including phenoxy) is 2. The van der Waals surface area contributed by atoms with E-state index in [-0.39, 0.29) is 0 Å². The summed E-state index contributed by atoms with van der Waals surface area (Å²) in [6, 6.07) is 9.68. The van der Waals surface area contributed by atoms with E-state index in [1.54, 1.807) is 0 Å². The summed E-state index contributed by atoms with van der Waals surface area (Å²) in [6.07, 6.45) is 6.67. The van der Waals surface area contributed by atoms with Crippen LogP contribution in [0.3, 0.4) is 0 Å². The van der Waals surface area contributed by atoms with Crippen LogP contribution in [-0.4, -0.2) is 26.4 Å². The Balaban J connectivity index is 1.79. The molecule has 0 fully saturated rings. The Hall–Kier alpha value is -1.38. The van der Waals surface area contributed by atoms with Crippen molar-refractivity contribution >= 4 is 10.8 Å². The second kappa shape index (κ2) is 6.39. The summed E-state index contributed by atoms with van der Waals surface area (Å²) >= 11 is 0. The van der Waals surface area contributed by atoms with Crippen LogP contribution in [0.4, 0.5) is 0 Å². The molecule has 0 amide bonds. The van der Waals surface area contributed by atoms with Gasteiger partial charge < -0.3 is 9.47 Å². The lowest BCUT2D eigenvalue weighted by Gasteiger charge is -2.18. The molecular weight excluding hydrogens is 272 g/mol. The first-order chi connectivity index (χ1) is 10.9. The third-order valence-corrected chi connectivity index (χ3v) is 4.98. The highest BCUT2D eigenvalue weighted by Gasteiger charge is 2.12. The highest BCUT2D eigenvalue weighted by molar-refractivity contribution is 5.86. The van der Waals surface area contributed by atoms with Crippen LogP contribution < -0.4 is 0 Å². The van der Waals surface area contributed by atoms with Crippen molar-refractivity contribution < 1.29 is 9.47 Å². The molecular formula is C20H24O2. The van der Waals surface area contributed by atoms with Crippen molar-refractivity contribution in [2.45, 2.75) is 38.5 Å². The van der Waals surface area contributed by atoms with Gasteiger partial charge in [-0.1, -0.05) is 24.3 Å². The third-order valence-electron chi connectivity index (χ3n) is 4.98. The van der Waals surface area contributed by atoms with Gasteiger partial charge in [0, 0.05) is 13.2 Å². The van der Waals surface area contributed by atoms with E-state index in [0.717, 1.165) is 65.0 Å². The van der Waals surface area contributed by atoms with Crippen LogP contribution in [0, 0.1) is 0 Å². The maximum Gasteiger partial charge on any atom is 0.0506 e. The average Bonchev–Trinajstić information content (AvgIpc) is 2.48. The largest absolute Gasteiger partial charge is 0.381 e. The fourth-order valence-electron chi connectivity index (χ4n) is 3.77. The van der Waals surface area contributed by atoms with Crippen molar-refractivity contribution in [2.24, 2.45) is 0 Å². The van der Waals surface area contributed by atoms with Crippen molar-refractivity contribution in [1.82, 2.24) is 0 Å². The minimum atomic E-state index is 0.858. The first-order valence-corrected chi connectivity index (χ1v) is 8.63. The van der Waals surface area contributed by atoms with Gasteiger partial charge in [-0.2, -0.15) is 0 Å². The third kappa shape index (κ3) is 2.90. The minimum Gasteiger partial charge on any atom is -0.381 e. The molecule has 2 nitrogen and oxygen atoms in total. The lowest BCUT2D eigenvalue weighted by atomic mass is 9.91. The molecule has 116 valence electrons. The molecule has 0 bridgehead atoms. The Morgan fingerprint density at radius 3 is 1.36 bits per heavy atom. The molecule has 0 unspecified atom stereocenters. The molecule has 2 aromatic rings. The van der Waals surface area contributed by atoms with Crippen LogP contribution in [-0.2, 0) is 35.2 Å². The number of fused-ring (bicyclic) bond motifs is 3. The quantitative estimate of drug-likeness (QED) is 0.735. The first-order valence-electron chi connectivity index (χ1n) is 8.63. The molecule has 2 heteroatoms. The minimum absolute atomic E-state index is 0.858. The van der Waals surface area contributed by atoms with Crippen LogP contribution in [0.5, 0.6) is 0 Å². The van der Waals surface area contributed by atoms with Gasteiger partial charge in [-0.05, 0) is 71.6 Å². The van der Waals surface area contributed by atoms with Gasteiger partial charge in [0.2, 0.25) is 0 Å². The number of hydrogen-bond acceptors (Lipinski definition) is 2. The molecule has 0 aliphatic carbocycles. The molecule has 0 spiro atoms. The molecule has 4 rings (SSSR count). The summed E-state index contributed by atoms with van der Waals surface area (Å²) in [4.78, 5) is 0. The van der Waals surface area contributed by atoms with Gasteiger partial charge in [-0.15, -0.1) is 0 Å². The number of aryl methyl sites for hydroxylation is 2. The molecule has 2 aliphatic rings. The van der Waals surface area contributed by atoms with Crippen molar-refractivity contribution in [3.63, 3.8) is 0 Å². The molecule has 0 radical (unpaired) electrons. The lowest BCUT2D eigenvalue weighted by molar-refractivity contribution is 0.131. The molecule has 0 N–H and O–H groups in total. The van der Waals surface area contributed by atoms with Gasteiger partial charge in [-0.25, -0.2) is 0 Å². The molecule has 0 atom stereocenters. The molecule has 2 heterocycles. The molecule has 0 saturated carbocycles. The fraction of sp³-hybridized carbons (Fsp3) is 0.500. The Morgan fingerprint density at radius 2 is 0.909 bits per heavy atom. The summed E-state index contributed by atoms with van der Waals surface area (Å²) in [7, 11) is 0. The van der Waals surface area contributed by atoms with Gasteiger partial charge in [0.05, 0.1) is 13.2 Å². The molecule has 2 aromatic carbocycles. The lowest BCUT2D eigenvalue weighted by Crippen LogP contribution is -2.10. The predicted molar refractivity (Wildman–Crippen MR) is 89.6 cm³/mol. The molecule has 0 aromatic heterocycles. The predicted octanol–water partition coefficient (Wildman–Crippen LogP) is 3.85. The topological polar surface area (TPSA) is 18.5 Å². The van der Waals surface area contributed by atoms with Gasteiger partial charge in [0.15, 0.2) is 0 Å². The molecule has 2 aliphatic heterocycles. The van der Waals surface area contributed by atoms with E-state index in [4.69, 9.17) is 9.47 Å². The van der Waals surface area contributed by atoms with Crippen molar-refractivity contribution in [1.29, 1.82) is 0 Å². The van der Waals surface area contributed by atoms with Crippen LogP contribution >= 0.6 is 0 Å². The van der Waals surface area contributed by atoms with Crippen LogP contribution in [0.15, 0.2) is 24.3 Å². The van der Waals surface area contributed by atoms with Gasteiger partial charge in [0.25, 0.3) is 0 Å². The van der Waals surface area contributed by atoms with Crippen molar-refractivity contribution in [3.8, 4) is 0 Å². The maximum atomic E-state index is 5.65. The van der Waals surface area contributed by atoms with Gasteiger partial charge in [0.1, 0.15) is 0 Å². The fourth-order valence-corrected chi connectivity index (χ4v) is 3.77. The smallest absolute Gasteiger partial charge is 0.0506 e. The number of rotatable bonds is 0. The van der Waals surface area contributed by atoms with Gasteiger partial charge in [-0.3, -0.25) is 0 Å². The van der Waals surface area contributed by atoms with Crippen molar-refractivity contribution in [2.75, 3.05) is 26.4 Å². The second-order valence-corrected chi connectivity index (χ2v) is 6.52. The van der Waals surface area contributed by atoms with Crippen LogP contribution in [0.25, 0.3) is 10.8 Å². The van der Waals surface area contributed by atoms with E-state index in [1.807, 2.05) is 0 Å². The summed E-state index contributed by atoms with van der Waals surface area (Å²) in [6.45, 7) is 3.53. The van der Waals surface area contributed by atoms with Crippen LogP contribution in [0.1, 0.15) is 35.1 Å². The zero-order chi connectivity index (χ0) is 14.8. The molecule has 22 heavy (non-hydrogen) atoms. The van der Waals surface area contributed by atoms with E-state index in [0.29, 0.717) is 0 Å². The maximum absolute atomic E-state index is 5.65. The SMILES string of the molecule is c1c2c(cc3cc4c(cc13)CCCOCC4)CCOCCC2. The first kappa shape index (κ1) is 14.2. The normalized spacial score (nSPS) is 19.5. The van der Waals surface area contributed by atoms with E-state index in [1.165, 1.54) is 33.0 Å². The highest BCUT2D eigenvalue weighted by atomic mass is 16.5.